The quantitative estimate of drug-likeness (QED) is 0.303. The van der Waals surface area contributed by atoms with Crippen LogP contribution in [0.5, 0.6) is 0 Å². The molecule has 1 saturated heterocycles. The first-order valence-corrected chi connectivity index (χ1v) is 14.8. The summed E-state index contributed by atoms with van der Waals surface area (Å²) in [5.41, 5.74) is 2.95. The zero-order chi connectivity index (χ0) is 26.9. The second-order valence-electron chi connectivity index (χ2n) is 9.58. The Kier molecular flexibility index (Phi) is 7.62. The maximum atomic E-state index is 13.9. The van der Waals surface area contributed by atoms with E-state index in [1.54, 1.807) is 16.2 Å². The summed E-state index contributed by atoms with van der Waals surface area (Å²) >= 11 is 1.67. The molecule has 200 valence electrons. The van der Waals surface area contributed by atoms with E-state index in [9.17, 15) is 23.3 Å². The third-order valence-electron chi connectivity index (χ3n) is 7.20. The standard InChI is InChI=1S/C27H29N3O6S2/c1-19-5-2-3-7-23(19)27-24-13-16-37-25(24)12-14-29(27)26(31)18-28(17-21-6-4-15-36-21)38(34,35)22-10-8-20(9-11-22)30(32)33/h2-3,5,7-11,13,16,21,27H,4,6,12,14-15,17-18H2,1H3. The van der Waals surface area contributed by atoms with Crippen LogP contribution in [0.3, 0.4) is 0 Å². The fraction of sp³-hybridized carbons (Fsp3) is 0.370. The number of thiophene rings is 1. The first-order chi connectivity index (χ1) is 18.3. The Bertz CT molecular complexity index is 1430. The average Bonchev–Trinajstić information content (AvgIpc) is 3.60. The molecule has 0 N–H and O–H groups in total. The number of carbonyl (C=O) groups excluding carboxylic acids is 1. The monoisotopic (exact) mass is 555 g/mol. The van der Waals surface area contributed by atoms with E-state index in [0.717, 1.165) is 35.2 Å². The normalized spacial score (nSPS) is 19.5. The molecule has 3 heterocycles. The number of carbonyl (C=O) groups is 1. The van der Waals surface area contributed by atoms with E-state index in [2.05, 4.69) is 0 Å². The van der Waals surface area contributed by atoms with Crippen LogP contribution in [-0.2, 0) is 26.0 Å². The van der Waals surface area contributed by atoms with Crippen molar-refractivity contribution in [2.24, 2.45) is 0 Å². The van der Waals surface area contributed by atoms with Gasteiger partial charge in [0.25, 0.3) is 5.69 Å². The molecule has 2 aliphatic rings. The molecule has 0 spiro atoms. The number of fused-ring (bicyclic) bond motifs is 1. The minimum Gasteiger partial charge on any atom is -0.377 e. The predicted octanol–water partition coefficient (Wildman–Crippen LogP) is 4.31. The van der Waals surface area contributed by atoms with Crippen molar-refractivity contribution in [2.75, 3.05) is 26.2 Å². The molecule has 3 aromatic rings. The van der Waals surface area contributed by atoms with Crippen LogP contribution in [0, 0.1) is 17.0 Å². The zero-order valence-electron chi connectivity index (χ0n) is 21.0. The summed E-state index contributed by atoms with van der Waals surface area (Å²) in [7, 11) is -4.12. The highest BCUT2D eigenvalue weighted by molar-refractivity contribution is 7.89. The minimum atomic E-state index is -4.12. The summed E-state index contributed by atoms with van der Waals surface area (Å²) < 4.78 is 34.3. The number of rotatable bonds is 8. The molecule has 38 heavy (non-hydrogen) atoms. The van der Waals surface area contributed by atoms with Crippen molar-refractivity contribution in [3.8, 4) is 0 Å². The van der Waals surface area contributed by atoms with Gasteiger partial charge in [-0.2, -0.15) is 4.31 Å². The lowest BCUT2D eigenvalue weighted by Gasteiger charge is -2.38. The number of nitro groups is 1. The number of aryl methyl sites for hydroxylation is 1. The largest absolute Gasteiger partial charge is 0.377 e. The van der Waals surface area contributed by atoms with Gasteiger partial charge in [-0.05, 0) is 66.5 Å². The Morgan fingerprint density at radius 1 is 1.16 bits per heavy atom. The van der Waals surface area contributed by atoms with Crippen LogP contribution in [0.4, 0.5) is 5.69 Å². The fourth-order valence-electron chi connectivity index (χ4n) is 5.21. The van der Waals surface area contributed by atoms with E-state index in [-0.39, 0.29) is 41.7 Å². The minimum absolute atomic E-state index is 0.0393. The van der Waals surface area contributed by atoms with Gasteiger partial charge >= 0.3 is 0 Å². The highest BCUT2D eigenvalue weighted by Crippen LogP contribution is 2.39. The van der Waals surface area contributed by atoms with Crippen molar-refractivity contribution in [3.63, 3.8) is 0 Å². The SMILES string of the molecule is Cc1ccccc1C1c2ccsc2CCN1C(=O)CN(CC1CCCO1)S(=O)(=O)c1ccc([N+](=O)[O-])cc1. The fourth-order valence-corrected chi connectivity index (χ4v) is 7.53. The molecule has 11 heteroatoms. The maximum absolute atomic E-state index is 13.9. The lowest BCUT2D eigenvalue weighted by atomic mass is 9.90. The van der Waals surface area contributed by atoms with Gasteiger partial charge in [-0.3, -0.25) is 14.9 Å². The van der Waals surface area contributed by atoms with Gasteiger partial charge in [0.15, 0.2) is 0 Å². The highest BCUT2D eigenvalue weighted by Gasteiger charge is 2.37. The summed E-state index contributed by atoms with van der Waals surface area (Å²) in [4.78, 5) is 27.3. The molecule has 0 radical (unpaired) electrons. The van der Waals surface area contributed by atoms with E-state index < -0.39 is 14.9 Å². The Hall–Kier alpha value is -3.12. The van der Waals surface area contributed by atoms with Gasteiger partial charge < -0.3 is 9.64 Å². The van der Waals surface area contributed by atoms with Gasteiger partial charge in [0, 0.05) is 36.7 Å². The summed E-state index contributed by atoms with van der Waals surface area (Å²) in [6.07, 6.45) is 1.93. The second-order valence-corrected chi connectivity index (χ2v) is 12.5. The molecule has 0 bridgehead atoms. The summed E-state index contributed by atoms with van der Waals surface area (Å²) in [6, 6.07) is 14.5. The number of hydrogen-bond acceptors (Lipinski definition) is 7. The number of sulfonamides is 1. The lowest BCUT2D eigenvalue weighted by Crippen LogP contribution is -2.48. The number of ether oxygens (including phenoxy) is 1. The van der Waals surface area contributed by atoms with E-state index in [4.69, 9.17) is 4.74 Å². The number of hydrogen-bond donors (Lipinski definition) is 0. The summed E-state index contributed by atoms with van der Waals surface area (Å²) in [6.45, 7) is 2.74. The first kappa shape index (κ1) is 26.5. The maximum Gasteiger partial charge on any atom is 0.269 e. The Morgan fingerprint density at radius 2 is 1.92 bits per heavy atom. The van der Waals surface area contributed by atoms with Crippen LogP contribution in [0.1, 0.15) is 40.5 Å². The molecular formula is C27H29N3O6S2. The van der Waals surface area contributed by atoms with E-state index in [0.29, 0.717) is 26.0 Å². The molecule has 2 unspecified atom stereocenters. The molecule has 2 aromatic carbocycles. The van der Waals surface area contributed by atoms with Crippen molar-refractivity contribution in [1.29, 1.82) is 0 Å². The van der Waals surface area contributed by atoms with Gasteiger partial charge in [-0.15, -0.1) is 11.3 Å². The number of amides is 1. The average molecular weight is 556 g/mol. The van der Waals surface area contributed by atoms with Crippen molar-refractivity contribution in [3.05, 3.63) is 91.7 Å². The first-order valence-electron chi connectivity index (χ1n) is 12.5. The third-order valence-corrected chi connectivity index (χ3v) is 10.0. The highest BCUT2D eigenvalue weighted by atomic mass is 32.2. The van der Waals surface area contributed by atoms with Crippen LogP contribution in [0.15, 0.2) is 64.9 Å². The third kappa shape index (κ3) is 5.24. The van der Waals surface area contributed by atoms with E-state index in [1.807, 2.05) is 42.6 Å². The van der Waals surface area contributed by atoms with Gasteiger partial charge in [0.2, 0.25) is 15.9 Å². The van der Waals surface area contributed by atoms with Crippen molar-refractivity contribution in [1.82, 2.24) is 9.21 Å². The molecule has 1 fully saturated rings. The number of nitro benzene ring substituents is 1. The molecule has 9 nitrogen and oxygen atoms in total. The number of benzene rings is 2. The Labute approximate surface area is 225 Å². The predicted molar refractivity (Wildman–Crippen MR) is 144 cm³/mol. The van der Waals surface area contributed by atoms with Gasteiger partial charge in [-0.1, -0.05) is 24.3 Å². The van der Waals surface area contributed by atoms with Crippen LogP contribution < -0.4 is 0 Å². The topological polar surface area (TPSA) is 110 Å². The van der Waals surface area contributed by atoms with Gasteiger partial charge in [0.1, 0.15) is 0 Å². The van der Waals surface area contributed by atoms with Crippen molar-refractivity contribution >= 4 is 33.0 Å². The molecule has 5 rings (SSSR count). The Morgan fingerprint density at radius 3 is 2.61 bits per heavy atom. The molecule has 0 aliphatic carbocycles. The summed E-state index contributed by atoms with van der Waals surface area (Å²) in [5.74, 6) is -0.293. The molecule has 2 aliphatic heterocycles. The van der Waals surface area contributed by atoms with Crippen LogP contribution in [-0.4, -0.2) is 60.8 Å². The van der Waals surface area contributed by atoms with Crippen molar-refractivity contribution < 1.29 is 22.9 Å². The van der Waals surface area contributed by atoms with Crippen LogP contribution in [0.25, 0.3) is 0 Å². The van der Waals surface area contributed by atoms with Gasteiger partial charge in [-0.25, -0.2) is 8.42 Å². The second kappa shape index (κ2) is 10.9. The molecule has 1 aromatic heterocycles. The Balaban J connectivity index is 1.47. The molecule has 1 amide bonds. The van der Waals surface area contributed by atoms with Crippen LogP contribution >= 0.6 is 11.3 Å². The smallest absolute Gasteiger partial charge is 0.269 e. The van der Waals surface area contributed by atoms with E-state index >= 15 is 0 Å². The van der Waals surface area contributed by atoms with Gasteiger partial charge in [0.05, 0.1) is 28.5 Å². The summed E-state index contributed by atoms with van der Waals surface area (Å²) in [5, 5.41) is 13.1. The van der Waals surface area contributed by atoms with Crippen molar-refractivity contribution in [2.45, 2.75) is 43.2 Å². The molecular weight excluding hydrogens is 526 g/mol. The van der Waals surface area contributed by atoms with Crippen LogP contribution in [0.2, 0.25) is 0 Å². The molecule has 2 atom stereocenters. The number of non-ortho nitro benzene ring substituents is 1. The molecule has 0 saturated carbocycles. The number of nitrogens with zero attached hydrogens (tertiary/aromatic N) is 3. The van der Waals surface area contributed by atoms with E-state index in [1.165, 1.54) is 21.3 Å². The zero-order valence-corrected chi connectivity index (χ0v) is 22.6. The lowest BCUT2D eigenvalue weighted by molar-refractivity contribution is -0.384.